The van der Waals surface area contributed by atoms with Crippen LogP contribution in [-0.4, -0.2) is 39.9 Å². The molecule has 3 fully saturated rings. The van der Waals surface area contributed by atoms with Crippen LogP contribution in [-0.2, 0) is 9.53 Å². The maximum absolute atomic E-state index is 12.2. The van der Waals surface area contributed by atoms with Gasteiger partial charge in [0.25, 0.3) is 0 Å². The van der Waals surface area contributed by atoms with E-state index in [-0.39, 0.29) is 22.7 Å². The van der Waals surface area contributed by atoms with Crippen molar-refractivity contribution in [1.82, 2.24) is 0 Å². The fourth-order valence-corrected chi connectivity index (χ4v) is 8.15. The van der Waals surface area contributed by atoms with E-state index in [9.17, 15) is 15.0 Å². The van der Waals surface area contributed by atoms with Crippen LogP contribution in [0.2, 0.25) is 0 Å². The highest BCUT2D eigenvalue weighted by molar-refractivity contribution is 5.92. The van der Waals surface area contributed by atoms with Gasteiger partial charge >= 0.3 is 0 Å². The maximum Gasteiger partial charge on any atom is 0.155 e. The van der Waals surface area contributed by atoms with Gasteiger partial charge in [-0.25, -0.2) is 0 Å². The van der Waals surface area contributed by atoms with Crippen LogP contribution >= 0.6 is 0 Å². The average molecular weight is 447 g/mol. The van der Waals surface area contributed by atoms with Crippen molar-refractivity contribution in [2.75, 3.05) is 0 Å². The molecule has 6 unspecified atom stereocenters. The molecular weight excluding hydrogens is 400 g/mol. The first-order chi connectivity index (χ1) is 14.8. The summed E-state index contributed by atoms with van der Waals surface area (Å²) in [6, 6.07) is 0. The number of aliphatic hydroxyl groups excluding tert-OH is 1. The van der Waals surface area contributed by atoms with Crippen LogP contribution in [0.25, 0.3) is 0 Å². The molecule has 0 radical (unpaired) electrons. The zero-order valence-electron chi connectivity index (χ0n) is 21.4. The predicted molar refractivity (Wildman–Crippen MR) is 127 cm³/mol. The van der Waals surface area contributed by atoms with Crippen LogP contribution < -0.4 is 0 Å². The number of hydrogen-bond acceptors (Lipinski definition) is 4. The van der Waals surface area contributed by atoms with Gasteiger partial charge in [0, 0.05) is 6.42 Å². The normalized spacial score (nSPS) is 44.0. The van der Waals surface area contributed by atoms with E-state index in [1.807, 2.05) is 6.08 Å². The van der Waals surface area contributed by atoms with Gasteiger partial charge in [0.15, 0.2) is 5.78 Å². The molecule has 0 aromatic carbocycles. The van der Waals surface area contributed by atoms with Crippen molar-refractivity contribution in [3.8, 4) is 0 Å². The van der Waals surface area contributed by atoms with Crippen molar-refractivity contribution in [1.29, 1.82) is 0 Å². The lowest BCUT2D eigenvalue weighted by atomic mass is 9.44. The number of ketones is 1. The highest BCUT2D eigenvalue weighted by Crippen LogP contribution is 2.68. The van der Waals surface area contributed by atoms with Gasteiger partial charge in [-0.1, -0.05) is 41.0 Å². The third-order valence-corrected chi connectivity index (χ3v) is 10.7. The molecule has 10 atom stereocenters. The van der Waals surface area contributed by atoms with Crippen LogP contribution in [0.15, 0.2) is 11.6 Å². The fourth-order valence-electron chi connectivity index (χ4n) is 8.15. The Balaban J connectivity index is 1.54. The lowest BCUT2D eigenvalue weighted by Crippen LogP contribution is -2.55. The topological polar surface area (TPSA) is 70.1 Å². The van der Waals surface area contributed by atoms with E-state index < -0.39 is 11.7 Å². The molecule has 1 heterocycles. The molecule has 0 bridgehead atoms. The van der Waals surface area contributed by atoms with E-state index in [2.05, 4.69) is 34.6 Å². The number of ether oxygens (including phenoxy) is 1. The minimum absolute atomic E-state index is 0.122. The maximum atomic E-state index is 12.2. The molecule has 4 nitrogen and oxygen atoms in total. The molecule has 4 heteroatoms. The van der Waals surface area contributed by atoms with Crippen LogP contribution in [0.4, 0.5) is 0 Å². The van der Waals surface area contributed by atoms with Gasteiger partial charge < -0.3 is 14.9 Å². The molecule has 0 aromatic rings. The third kappa shape index (κ3) is 3.82. The number of epoxide rings is 1. The first-order valence-corrected chi connectivity index (χ1v) is 13.2. The molecule has 182 valence electrons. The van der Waals surface area contributed by atoms with Crippen molar-refractivity contribution >= 4 is 5.78 Å². The standard InChI is InChI=1S/C28H46O4/c1-8-19-23-20(28(7)13-11-18(29)15-21(28)24-25(23)32-24)12-14-27(19,6)17(3)16(2)9-10-22(30)26(4,5)31/h15-17,19-20,22-25,30-31H,8-14H2,1-7H3/t16-,17?,19+,20+,22?,23?,24?,25?,27?,28-/m1/s1. The number of carbonyl (C=O) groups is 1. The summed E-state index contributed by atoms with van der Waals surface area (Å²) in [5.41, 5.74) is 0.629. The quantitative estimate of drug-likeness (QED) is 0.520. The molecular formula is C28H46O4. The molecule has 3 aliphatic carbocycles. The van der Waals surface area contributed by atoms with E-state index >= 15 is 0 Å². The van der Waals surface area contributed by atoms with E-state index in [1.165, 1.54) is 24.8 Å². The van der Waals surface area contributed by atoms with E-state index in [4.69, 9.17) is 4.74 Å². The largest absolute Gasteiger partial charge is 0.390 e. The number of rotatable bonds is 7. The minimum atomic E-state index is -1.04. The highest BCUT2D eigenvalue weighted by Gasteiger charge is 2.67. The Kier molecular flexibility index (Phi) is 6.26. The van der Waals surface area contributed by atoms with Gasteiger partial charge in [-0.3, -0.25) is 4.79 Å². The van der Waals surface area contributed by atoms with Crippen LogP contribution in [0.5, 0.6) is 0 Å². The number of carbonyl (C=O) groups excluding carboxylic acids is 1. The zero-order valence-corrected chi connectivity index (χ0v) is 21.4. The van der Waals surface area contributed by atoms with Crippen molar-refractivity contribution in [2.24, 2.45) is 40.4 Å². The van der Waals surface area contributed by atoms with Gasteiger partial charge in [-0.05, 0) is 98.0 Å². The fraction of sp³-hybridized carbons (Fsp3) is 0.893. The Morgan fingerprint density at radius 3 is 2.53 bits per heavy atom. The number of allylic oxidation sites excluding steroid dienone is 1. The molecule has 4 aliphatic rings. The summed E-state index contributed by atoms with van der Waals surface area (Å²) < 4.78 is 6.33. The number of fused-ring (bicyclic) bond motifs is 6. The van der Waals surface area contributed by atoms with Crippen molar-refractivity contribution in [3.05, 3.63) is 11.6 Å². The van der Waals surface area contributed by atoms with E-state index in [0.717, 1.165) is 12.8 Å². The molecule has 0 spiro atoms. The number of hydrogen-bond donors (Lipinski definition) is 2. The Labute approximate surface area is 195 Å². The van der Waals surface area contributed by atoms with Gasteiger partial charge in [0.2, 0.25) is 0 Å². The SMILES string of the molecule is CC[C@H]1C2C3OC3C3=CC(=O)CC[C@]3(C)[C@H]2CCC1(C)C(C)[C@H](C)CCC(O)C(C)(C)O. The van der Waals surface area contributed by atoms with Crippen molar-refractivity contribution in [2.45, 2.75) is 117 Å². The van der Waals surface area contributed by atoms with Crippen molar-refractivity contribution < 1.29 is 19.7 Å². The monoisotopic (exact) mass is 446 g/mol. The predicted octanol–water partition coefficient (Wildman–Crippen LogP) is 5.31. The Morgan fingerprint density at radius 2 is 1.91 bits per heavy atom. The smallest absolute Gasteiger partial charge is 0.155 e. The number of aliphatic hydroxyl groups is 2. The molecule has 1 saturated heterocycles. The third-order valence-electron chi connectivity index (χ3n) is 10.7. The first-order valence-electron chi connectivity index (χ1n) is 13.2. The van der Waals surface area contributed by atoms with Crippen LogP contribution in [0, 0.1) is 40.4 Å². The van der Waals surface area contributed by atoms with Gasteiger partial charge in [0.05, 0.1) is 17.8 Å². The van der Waals surface area contributed by atoms with Crippen LogP contribution in [0.3, 0.4) is 0 Å². The molecule has 32 heavy (non-hydrogen) atoms. The lowest BCUT2D eigenvalue weighted by molar-refractivity contribution is -0.118. The van der Waals surface area contributed by atoms with E-state index in [0.29, 0.717) is 48.5 Å². The average Bonchev–Trinajstić information content (AvgIpc) is 3.52. The summed E-state index contributed by atoms with van der Waals surface area (Å²) in [4.78, 5) is 12.2. The van der Waals surface area contributed by atoms with Gasteiger partial charge in [0.1, 0.15) is 6.10 Å². The Hall–Kier alpha value is -0.710. The molecule has 0 amide bonds. The minimum Gasteiger partial charge on any atom is -0.390 e. The summed E-state index contributed by atoms with van der Waals surface area (Å²) in [6.07, 6.45) is 8.59. The van der Waals surface area contributed by atoms with Gasteiger partial charge in [-0.15, -0.1) is 0 Å². The second-order valence-corrected chi connectivity index (χ2v) is 12.8. The molecule has 1 aliphatic heterocycles. The summed E-state index contributed by atoms with van der Waals surface area (Å²) in [5.74, 6) is 3.12. The Bertz CT molecular complexity index is 766. The summed E-state index contributed by atoms with van der Waals surface area (Å²) in [7, 11) is 0. The zero-order chi connectivity index (χ0) is 23.6. The van der Waals surface area contributed by atoms with Crippen LogP contribution in [0.1, 0.15) is 93.4 Å². The second kappa shape index (κ2) is 8.20. The highest BCUT2D eigenvalue weighted by atomic mass is 16.6. The first kappa shape index (κ1) is 24.4. The van der Waals surface area contributed by atoms with Gasteiger partial charge in [-0.2, -0.15) is 0 Å². The molecule has 0 aromatic heterocycles. The summed E-state index contributed by atoms with van der Waals surface area (Å²) in [6.45, 7) is 15.4. The van der Waals surface area contributed by atoms with Crippen molar-refractivity contribution in [3.63, 3.8) is 0 Å². The lowest BCUT2D eigenvalue weighted by Gasteiger charge is -2.59. The molecule has 4 rings (SSSR count). The van der Waals surface area contributed by atoms with E-state index in [1.54, 1.807) is 13.8 Å². The molecule has 2 N–H and O–H groups in total. The molecule has 2 saturated carbocycles. The summed E-state index contributed by atoms with van der Waals surface area (Å²) >= 11 is 0. The Morgan fingerprint density at radius 1 is 1.22 bits per heavy atom. The summed E-state index contributed by atoms with van der Waals surface area (Å²) in [5, 5.41) is 20.5. The second-order valence-electron chi connectivity index (χ2n) is 12.8.